The molecule has 1 aromatic carbocycles. The number of methoxy groups -OCH3 is 1. The topological polar surface area (TPSA) is 21.3 Å². The smallest absolute Gasteiger partial charge is 0.120 e. The molecule has 0 spiro atoms. The molecule has 1 N–H and O–H groups in total. The van der Waals surface area contributed by atoms with Gasteiger partial charge in [-0.1, -0.05) is 43.9 Å². The van der Waals surface area contributed by atoms with Crippen molar-refractivity contribution in [1.29, 1.82) is 0 Å². The molecule has 1 unspecified atom stereocenters. The molecule has 0 fully saturated rings. The van der Waals surface area contributed by atoms with E-state index in [1.54, 1.807) is 7.11 Å². The number of benzene rings is 1. The summed E-state index contributed by atoms with van der Waals surface area (Å²) in [6.45, 7) is 2.22. The number of rotatable bonds is 7. The number of hydrogen-bond donors (Lipinski definition) is 1. The van der Waals surface area contributed by atoms with Crippen LogP contribution in [0.15, 0.2) is 18.2 Å². The minimum Gasteiger partial charge on any atom is -0.497 e. The Labute approximate surface area is 109 Å². The van der Waals surface area contributed by atoms with E-state index in [9.17, 15) is 0 Å². The minimum absolute atomic E-state index is 0.333. The van der Waals surface area contributed by atoms with E-state index < -0.39 is 0 Å². The van der Waals surface area contributed by atoms with E-state index in [1.165, 1.54) is 19.3 Å². The molecule has 0 aromatic heterocycles. The summed E-state index contributed by atoms with van der Waals surface area (Å²) in [7, 11) is 3.64. The third-order valence-electron chi connectivity index (χ3n) is 3.03. The summed E-state index contributed by atoms with van der Waals surface area (Å²) < 4.78 is 5.16. The summed E-state index contributed by atoms with van der Waals surface area (Å²) in [6, 6.07) is 6.22. The van der Waals surface area contributed by atoms with Crippen molar-refractivity contribution in [3.05, 3.63) is 28.8 Å². The summed E-state index contributed by atoms with van der Waals surface area (Å²) >= 11 is 6.27. The zero-order chi connectivity index (χ0) is 12.7. The van der Waals surface area contributed by atoms with E-state index in [4.69, 9.17) is 16.3 Å². The molecule has 0 aliphatic heterocycles. The number of hydrogen-bond acceptors (Lipinski definition) is 2. The van der Waals surface area contributed by atoms with Crippen LogP contribution in [-0.4, -0.2) is 14.2 Å². The Hall–Kier alpha value is -0.730. The monoisotopic (exact) mass is 255 g/mol. The number of nitrogens with one attached hydrogen (secondary N) is 1. The van der Waals surface area contributed by atoms with E-state index in [0.29, 0.717) is 6.04 Å². The summed E-state index contributed by atoms with van der Waals surface area (Å²) in [4.78, 5) is 0. The van der Waals surface area contributed by atoms with Gasteiger partial charge in [-0.25, -0.2) is 0 Å². The van der Waals surface area contributed by atoms with Gasteiger partial charge in [0.05, 0.1) is 7.11 Å². The van der Waals surface area contributed by atoms with Crippen LogP contribution in [-0.2, 0) is 0 Å². The van der Waals surface area contributed by atoms with E-state index in [2.05, 4.69) is 12.2 Å². The highest BCUT2D eigenvalue weighted by Crippen LogP contribution is 2.29. The molecule has 1 rings (SSSR count). The molecule has 0 radical (unpaired) electrons. The maximum Gasteiger partial charge on any atom is 0.120 e. The van der Waals surface area contributed by atoms with Gasteiger partial charge in [0.2, 0.25) is 0 Å². The average molecular weight is 256 g/mol. The van der Waals surface area contributed by atoms with Gasteiger partial charge >= 0.3 is 0 Å². The van der Waals surface area contributed by atoms with Crippen molar-refractivity contribution in [3.63, 3.8) is 0 Å². The number of unbranched alkanes of at least 4 members (excludes halogenated alkanes) is 2. The maximum atomic E-state index is 6.27. The Morgan fingerprint density at radius 1 is 1.35 bits per heavy atom. The molecular weight excluding hydrogens is 234 g/mol. The largest absolute Gasteiger partial charge is 0.497 e. The van der Waals surface area contributed by atoms with Crippen LogP contribution in [0.4, 0.5) is 0 Å². The van der Waals surface area contributed by atoms with Crippen molar-refractivity contribution in [2.24, 2.45) is 0 Å². The molecule has 0 heterocycles. The second kappa shape index (κ2) is 7.57. The van der Waals surface area contributed by atoms with Gasteiger partial charge in [0.15, 0.2) is 0 Å². The zero-order valence-electron chi connectivity index (χ0n) is 10.9. The third-order valence-corrected chi connectivity index (χ3v) is 3.36. The van der Waals surface area contributed by atoms with Crippen molar-refractivity contribution in [3.8, 4) is 5.75 Å². The van der Waals surface area contributed by atoms with Crippen LogP contribution < -0.4 is 10.1 Å². The van der Waals surface area contributed by atoms with E-state index in [0.717, 1.165) is 22.8 Å². The quantitative estimate of drug-likeness (QED) is 0.738. The molecule has 17 heavy (non-hydrogen) atoms. The first-order valence-corrected chi connectivity index (χ1v) is 6.61. The third kappa shape index (κ3) is 4.21. The Morgan fingerprint density at radius 2 is 2.12 bits per heavy atom. The van der Waals surface area contributed by atoms with Crippen molar-refractivity contribution in [1.82, 2.24) is 5.32 Å². The Balaban J connectivity index is 2.73. The molecular formula is C14H22ClNO. The van der Waals surface area contributed by atoms with Crippen molar-refractivity contribution < 1.29 is 4.74 Å². The van der Waals surface area contributed by atoms with Gasteiger partial charge < -0.3 is 10.1 Å². The van der Waals surface area contributed by atoms with Gasteiger partial charge in [-0.3, -0.25) is 0 Å². The highest BCUT2D eigenvalue weighted by molar-refractivity contribution is 6.31. The zero-order valence-corrected chi connectivity index (χ0v) is 11.7. The second-order valence-corrected chi connectivity index (χ2v) is 4.63. The number of halogens is 1. The number of ether oxygens (including phenoxy) is 1. The van der Waals surface area contributed by atoms with Crippen LogP contribution in [0.1, 0.15) is 44.2 Å². The maximum absolute atomic E-state index is 6.27. The fourth-order valence-corrected chi connectivity index (χ4v) is 2.27. The Kier molecular flexibility index (Phi) is 6.38. The van der Waals surface area contributed by atoms with Crippen LogP contribution in [0, 0.1) is 0 Å². The van der Waals surface area contributed by atoms with E-state index in [1.807, 2.05) is 25.2 Å². The molecule has 96 valence electrons. The molecule has 0 aliphatic carbocycles. The van der Waals surface area contributed by atoms with E-state index in [-0.39, 0.29) is 0 Å². The normalized spacial score (nSPS) is 12.5. The van der Waals surface area contributed by atoms with E-state index >= 15 is 0 Å². The molecule has 0 saturated carbocycles. The predicted molar refractivity (Wildman–Crippen MR) is 73.9 cm³/mol. The summed E-state index contributed by atoms with van der Waals surface area (Å²) in [5.41, 5.74) is 1.16. The lowest BCUT2D eigenvalue weighted by molar-refractivity contribution is 0.414. The van der Waals surface area contributed by atoms with Gasteiger partial charge in [-0.05, 0) is 31.2 Å². The van der Waals surface area contributed by atoms with Crippen LogP contribution in [0.5, 0.6) is 5.75 Å². The molecule has 1 atom stereocenters. The van der Waals surface area contributed by atoms with Crippen LogP contribution in [0.3, 0.4) is 0 Å². The summed E-state index contributed by atoms with van der Waals surface area (Å²) in [5.74, 6) is 0.808. The van der Waals surface area contributed by atoms with Crippen LogP contribution in [0.2, 0.25) is 5.02 Å². The Morgan fingerprint density at radius 3 is 2.65 bits per heavy atom. The van der Waals surface area contributed by atoms with Gasteiger partial charge in [0, 0.05) is 11.1 Å². The molecule has 0 amide bonds. The highest BCUT2D eigenvalue weighted by Gasteiger charge is 2.12. The first-order chi connectivity index (χ1) is 8.22. The summed E-state index contributed by atoms with van der Waals surface area (Å²) in [5, 5.41) is 4.11. The molecule has 0 aliphatic rings. The molecule has 2 nitrogen and oxygen atoms in total. The van der Waals surface area contributed by atoms with Gasteiger partial charge in [-0.2, -0.15) is 0 Å². The van der Waals surface area contributed by atoms with Gasteiger partial charge in [0.25, 0.3) is 0 Å². The average Bonchev–Trinajstić information content (AvgIpc) is 2.35. The molecule has 1 aromatic rings. The lowest BCUT2D eigenvalue weighted by Gasteiger charge is -2.18. The fraction of sp³-hybridized carbons (Fsp3) is 0.571. The first kappa shape index (κ1) is 14.3. The van der Waals surface area contributed by atoms with Crippen LogP contribution in [0.25, 0.3) is 0 Å². The lowest BCUT2D eigenvalue weighted by Crippen LogP contribution is -2.16. The molecule has 0 bridgehead atoms. The van der Waals surface area contributed by atoms with Crippen LogP contribution >= 0.6 is 11.6 Å². The predicted octanol–water partition coefficient (Wildman–Crippen LogP) is 4.19. The van der Waals surface area contributed by atoms with Crippen molar-refractivity contribution in [2.45, 2.75) is 38.6 Å². The SMILES string of the molecule is CCCCCC(NC)c1ccc(OC)cc1Cl. The fourth-order valence-electron chi connectivity index (χ4n) is 1.97. The molecule has 0 saturated heterocycles. The second-order valence-electron chi connectivity index (χ2n) is 4.22. The summed E-state index contributed by atoms with van der Waals surface area (Å²) in [6.07, 6.45) is 4.86. The molecule has 3 heteroatoms. The lowest BCUT2D eigenvalue weighted by atomic mass is 10.0. The first-order valence-electron chi connectivity index (χ1n) is 6.23. The van der Waals surface area contributed by atoms with Crippen molar-refractivity contribution >= 4 is 11.6 Å². The highest BCUT2D eigenvalue weighted by atomic mass is 35.5. The van der Waals surface area contributed by atoms with Crippen molar-refractivity contribution in [2.75, 3.05) is 14.2 Å². The minimum atomic E-state index is 0.333. The van der Waals surface area contributed by atoms with Gasteiger partial charge in [-0.15, -0.1) is 0 Å². The standard InChI is InChI=1S/C14H22ClNO/c1-4-5-6-7-14(16-2)12-9-8-11(17-3)10-13(12)15/h8-10,14,16H,4-7H2,1-3H3. The van der Waals surface area contributed by atoms with Gasteiger partial charge in [0.1, 0.15) is 5.75 Å². The Bertz CT molecular complexity index is 341.